The maximum Gasteiger partial charge on any atom is 0.222 e. The number of rotatable bonds is 11. The largest absolute Gasteiger partial charge is 0.489 e. The summed E-state index contributed by atoms with van der Waals surface area (Å²) in [4.78, 5) is 12.1. The number of nitrogens with two attached hydrogens (primary N) is 1. The summed E-state index contributed by atoms with van der Waals surface area (Å²) in [5.74, 6) is 0.909. The second-order valence-corrected chi connectivity index (χ2v) is 8.03. The third-order valence-corrected chi connectivity index (χ3v) is 5.04. The van der Waals surface area contributed by atoms with Crippen LogP contribution in [0.5, 0.6) is 5.75 Å². The van der Waals surface area contributed by atoms with Crippen molar-refractivity contribution in [1.82, 2.24) is 5.32 Å². The fourth-order valence-electron chi connectivity index (χ4n) is 3.42. The molecule has 2 rings (SSSR count). The Kier molecular flexibility index (Phi) is 9.16. The van der Waals surface area contributed by atoms with Gasteiger partial charge in [-0.3, -0.25) is 4.79 Å². The first-order valence-electron chi connectivity index (χ1n) is 10.3. The van der Waals surface area contributed by atoms with E-state index in [2.05, 4.69) is 19.2 Å². The Morgan fingerprint density at radius 2 is 1.69 bits per heavy atom. The van der Waals surface area contributed by atoms with Crippen molar-refractivity contribution in [2.45, 2.75) is 51.9 Å². The van der Waals surface area contributed by atoms with E-state index in [-0.39, 0.29) is 11.8 Å². The number of nitrogens with one attached hydrogen (secondary N) is 1. The molecular weight excluding hydrogens is 364 g/mol. The Balaban J connectivity index is 1.86. The molecule has 0 aromatic heterocycles. The average molecular weight is 399 g/mol. The van der Waals surface area contributed by atoms with Gasteiger partial charge in [-0.1, -0.05) is 56.3 Å². The molecule has 0 bridgehead atoms. The van der Waals surface area contributed by atoms with Crippen LogP contribution >= 0.6 is 0 Å². The maximum atomic E-state index is 12.1. The molecule has 0 unspecified atom stereocenters. The van der Waals surface area contributed by atoms with Crippen LogP contribution in [0.2, 0.25) is 0 Å². The molecule has 1 amide bonds. The van der Waals surface area contributed by atoms with Crippen LogP contribution in [0, 0.1) is 11.8 Å². The lowest BCUT2D eigenvalue weighted by atomic mass is 9.88. The quantitative estimate of drug-likeness (QED) is 0.542. The van der Waals surface area contributed by atoms with Crippen LogP contribution in [0.4, 0.5) is 0 Å². The van der Waals surface area contributed by atoms with Crippen molar-refractivity contribution in [2.24, 2.45) is 17.6 Å². The number of hydrogen-bond donors (Lipinski definition) is 3. The molecule has 2 aromatic carbocycles. The lowest BCUT2D eigenvalue weighted by Gasteiger charge is -2.24. The Bertz CT molecular complexity index is 732. The smallest absolute Gasteiger partial charge is 0.222 e. The third kappa shape index (κ3) is 7.87. The molecule has 29 heavy (non-hydrogen) atoms. The summed E-state index contributed by atoms with van der Waals surface area (Å²) < 4.78 is 5.80. The zero-order valence-corrected chi connectivity index (χ0v) is 17.7. The highest BCUT2D eigenvalue weighted by Gasteiger charge is 2.25. The zero-order valence-electron chi connectivity index (χ0n) is 17.7. The predicted molar refractivity (Wildman–Crippen MR) is 117 cm³/mol. The van der Waals surface area contributed by atoms with Gasteiger partial charge < -0.3 is 20.9 Å². The number of carbonyl (C=O) groups excluding carboxylic acids is 1. The number of carbonyl (C=O) groups is 1. The molecule has 5 heteroatoms. The van der Waals surface area contributed by atoms with Crippen molar-refractivity contribution < 1.29 is 14.6 Å². The van der Waals surface area contributed by atoms with Crippen molar-refractivity contribution in [3.8, 4) is 5.75 Å². The van der Waals surface area contributed by atoms with Gasteiger partial charge in [-0.25, -0.2) is 0 Å². The second kappa shape index (κ2) is 11.6. The van der Waals surface area contributed by atoms with Gasteiger partial charge in [-0.05, 0) is 48.4 Å². The third-order valence-electron chi connectivity index (χ3n) is 5.04. The first-order chi connectivity index (χ1) is 13.9. The minimum absolute atomic E-state index is 0.0372. The zero-order chi connectivity index (χ0) is 21.2. The van der Waals surface area contributed by atoms with Crippen molar-refractivity contribution in [1.29, 1.82) is 0 Å². The van der Waals surface area contributed by atoms with E-state index in [0.717, 1.165) is 23.3 Å². The summed E-state index contributed by atoms with van der Waals surface area (Å²) in [6.45, 7) is 4.67. The summed E-state index contributed by atoms with van der Waals surface area (Å²) in [6, 6.07) is 17.4. The highest BCUT2D eigenvalue weighted by molar-refractivity contribution is 5.78. The molecule has 0 aliphatic carbocycles. The second-order valence-electron chi connectivity index (χ2n) is 8.03. The Morgan fingerprint density at radius 1 is 1.03 bits per heavy atom. The van der Waals surface area contributed by atoms with Gasteiger partial charge in [0.05, 0.1) is 6.10 Å². The van der Waals surface area contributed by atoms with Gasteiger partial charge in [-0.15, -0.1) is 0 Å². The number of hydrogen-bond acceptors (Lipinski definition) is 4. The maximum absolute atomic E-state index is 12.1. The SMILES string of the molecule is CNC(=O)[C@H](CC(C)C)C[C@H](O)[C@@H](N)Cc1ccc(OCc2ccccc2)cc1. The van der Waals surface area contributed by atoms with Crippen molar-refractivity contribution >= 4 is 5.91 Å². The monoisotopic (exact) mass is 398 g/mol. The van der Waals surface area contributed by atoms with Crippen LogP contribution in [-0.2, 0) is 17.8 Å². The normalized spacial score (nSPS) is 14.3. The van der Waals surface area contributed by atoms with Crippen LogP contribution in [0.3, 0.4) is 0 Å². The van der Waals surface area contributed by atoms with Gasteiger partial charge in [0.2, 0.25) is 5.91 Å². The van der Waals surface area contributed by atoms with Gasteiger partial charge in [0.1, 0.15) is 12.4 Å². The number of benzene rings is 2. The molecule has 0 saturated carbocycles. The van der Waals surface area contributed by atoms with E-state index in [1.807, 2.05) is 54.6 Å². The van der Waals surface area contributed by atoms with Gasteiger partial charge >= 0.3 is 0 Å². The van der Waals surface area contributed by atoms with E-state index in [1.165, 1.54) is 0 Å². The Morgan fingerprint density at radius 3 is 2.28 bits per heavy atom. The molecule has 0 radical (unpaired) electrons. The lowest BCUT2D eigenvalue weighted by Crippen LogP contribution is -2.40. The minimum atomic E-state index is -0.731. The summed E-state index contributed by atoms with van der Waals surface area (Å²) in [6.07, 6.45) is 0.918. The van der Waals surface area contributed by atoms with Crippen molar-refractivity contribution in [2.75, 3.05) is 7.05 Å². The summed E-state index contributed by atoms with van der Waals surface area (Å²) >= 11 is 0. The number of aliphatic hydroxyl groups excluding tert-OH is 1. The summed E-state index contributed by atoms with van der Waals surface area (Å²) in [5.41, 5.74) is 8.38. The summed E-state index contributed by atoms with van der Waals surface area (Å²) in [5, 5.41) is 13.2. The lowest BCUT2D eigenvalue weighted by molar-refractivity contribution is -0.126. The minimum Gasteiger partial charge on any atom is -0.489 e. The standard InChI is InChI=1S/C24H34N2O3/c1-17(2)13-20(24(28)26-3)15-23(27)22(25)14-18-9-11-21(12-10-18)29-16-19-7-5-4-6-8-19/h4-12,17,20,22-23,27H,13-16,25H2,1-3H3,(H,26,28)/t20-,22+,23+/m1/s1. The first kappa shape index (κ1) is 22.9. The van der Waals surface area contributed by atoms with Crippen LogP contribution < -0.4 is 15.8 Å². The molecule has 0 aliphatic rings. The van der Waals surface area contributed by atoms with Gasteiger partial charge in [-0.2, -0.15) is 0 Å². The molecule has 3 atom stereocenters. The fourth-order valence-corrected chi connectivity index (χ4v) is 3.42. The van der Waals surface area contributed by atoms with E-state index in [0.29, 0.717) is 25.4 Å². The average Bonchev–Trinajstić information content (AvgIpc) is 2.72. The van der Waals surface area contributed by atoms with Crippen molar-refractivity contribution in [3.05, 3.63) is 65.7 Å². The van der Waals surface area contributed by atoms with Crippen LogP contribution in [0.25, 0.3) is 0 Å². The van der Waals surface area contributed by atoms with Gasteiger partial charge in [0.25, 0.3) is 0 Å². The Labute approximate surface area is 174 Å². The van der Waals surface area contributed by atoms with E-state index in [9.17, 15) is 9.90 Å². The first-order valence-corrected chi connectivity index (χ1v) is 10.3. The highest BCUT2D eigenvalue weighted by Crippen LogP contribution is 2.21. The van der Waals surface area contributed by atoms with E-state index < -0.39 is 12.1 Å². The number of aliphatic hydroxyl groups is 1. The molecule has 2 aromatic rings. The molecular formula is C24H34N2O3. The highest BCUT2D eigenvalue weighted by atomic mass is 16.5. The van der Waals surface area contributed by atoms with Crippen LogP contribution in [-0.4, -0.2) is 30.2 Å². The van der Waals surface area contributed by atoms with Crippen molar-refractivity contribution in [3.63, 3.8) is 0 Å². The molecule has 0 fully saturated rings. The van der Waals surface area contributed by atoms with Crippen LogP contribution in [0.15, 0.2) is 54.6 Å². The van der Waals surface area contributed by atoms with E-state index in [1.54, 1.807) is 7.05 Å². The topological polar surface area (TPSA) is 84.6 Å². The van der Waals surface area contributed by atoms with Gasteiger partial charge in [0.15, 0.2) is 0 Å². The molecule has 158 valence electrons. The molecule has 4 N–H and O–H groups in total. The summed E-state index contributed by atoms with van der Waals surface area (Å²) in [7, 11) is 1.63. The predicted octanol–water partition coefficient (Wildman–Crippen LogP) is 3.29. The van der Waals surface area contributed by atoms with Crippen LogP contribution in [0.1, 0.15) is 37.8 Å². The van der Waals surface area contributed by atoms with E-state index in [4.69, 9.17) is 10.5 Å². The Hall–Kier alpha value is -2.37. The molecule has 5 nitrogen and oxygen atoms in total. The fraction of sp³-hybridized carbons (Fsp3) is 0.458. The molecule has 0 aliphatic heterocycles. The van der Waals surface area contributed by atoms with E-state index >= 15 is 0 Å². The number of amides is 1. The molecule has 0 saturated heterocycles. The molecule has 0 heterocycles. The molecule has 0 spiro atoms. The van der Waals surface area contributed by atoms with Gasteiger partial charge in [0, 0.05) is 19.0 Å². The number of ether oxygens (including phenoxy) is 1.